The Morgan fingerprint density at radius 3 is 2.53 bits per heavy atom. The summed E-state index contributed by atoms with van der Waals surface area (Å²) in [5.41, 5.74) is 2.23. The van der Waals surface area contributed by atoms with Crippen molar-refractivity contribution in [3.8, 4) is 0 Å². The highest BCUT2D eigenvalue weighted by Crippen LogP contribution is 2.50. The molecule has 1 heterocycles. The molecule has 2 N–H and O–H groups in total. The van der Waals surface area contributed by atoms with E-state index in [0.29, 0.717) is 5.41 Å². The number of hydrogen-bond donors (Lipinski definition) is 2. The highest BCUT2D eigenvalue weighted by molar-refractivity contribution is 5.28. The Hall–Kier alpha value is -0.860. The molecule has 0 amide bonds. The van der Waals surface area contributed by atoms with E-state index in [2.05, 4.69) is 41.0 Å². The minimum atomic E-state index is 0.708. The minimum absolute atomic E-state index is 0.708. The maximum Gasteiger partial charge on any atom is 0.0145 e. The highest BCUT2D eigenvalue weighted by Gasteiger charge is 2.48. The van der Waals surface area contributed by atoms with Gasteiger partial charge in [-0.3, -0.25) is 0 Å². The summed E-state index contributed by atoms with van der Waals surface area (Å²) in [6.07, 6.45) is 6.99. The third-order valence-corrected chi connectivity index (χ3v) is 5.49. The molecule has 1 aliphatic heterocycles. The number of piperidine rings is 1. The van der Waals surface area contributed by atoms with E-state index in [1.54, 1.807) is 0 Å². The van der Waals surface area contributed by atoms with Crippen molar-refractivity contribution in [1.29, 1.82) is 0 Å². The second kappa shape index (κ2) is 4.60. The lowest BCUT2D eigenvalue weighted by Crippen LogP contribution is -2.53. The molecule has 3 fully saturated rings. The van der Waals surface area contributed by atoms with Crippen LogP contribution < -0.4 is 10.6 Å². The molecule has 0 aromatic heterocycles. The van der Waals surface area contributed by atoms with Crippen LogP contribution in [0.5, 0.6) is 0 Å². The van der Waals surface area contributed by atoms with Crippen LogP contribution in [0.4, 0.5) is 0 Å². The molecule has 1 aromatic rings. The van der Waals surface area contributed by atoms with Crippen LogP contribution in [0.3, 0.4) is 0 Å². The van der Waals surface area contributed by atoms with E-state index in [1.165, 1.54) is 50.8 Å². The lowest BCUT2D eigenvalue weighted by molar-refractivity contribution is 0.0449. The molecule has 4 rings (SSSR count). The van der Waals surface area contributed by atoms with Gasteiger partial charge in [0.2, 0.25) is 0 Å². The quantitative estimate of drug-likeness (QED) is 0.869. The van der Waals surface area contributed by atoms with Gasteiger partial charge in [-0.25, -0.2) is 0 Å². The highest BCUT2D eigenvalue weighted by atomic mass is 15.0. The van der Waals surface area contributed by atoms with Gasteiger partial charge in [0.1, 0.15) is 0 Å². The van der Waals surface area contributed by atoms with Crippen LogP contribution in [0.2, 0.25) is 0 Å². The Balaban J connectivity index is 1.27. The number of nitrogens with one attached hydrogen (secondary N) is 2. The molecule has 2 nitrogen and oxygen atoms in total. The van der Waals surface area contributed by atoms with Gasteiger partial charge < -0.3 is 10.6 Å². The van der Waals surface area contributed by atoms with Crippen molar-refractivity contribution in [2.24, 2.45) is 5.41 Å². The molecular formula is C17H24N2. The molecule has 1 spiro atoms. The first-order valence-electron chi connectivity index (χ1n) is 7.86. The Labute approximate surface area is 116 Å². The number of hydrogen-bond acceptors (Lipinski definition) is 2. The average molecular weight is 256 g/mol. The first-order chi connectivity index (χ1) is 9.35. The Morgan fingerprint density at radius 1 is 1.05 bits per heavy atom. The second-order valence-electron chi connectivity index (χ2n) is 6.88. The van der Waals surface area contributed by atoms with Gasteiger partial charge in [0.25, 0.3) is 0 Å². The third-order valence-electron chi connectivity index (χ3n) is 5.49. The van der Waals surface area contributed by atoms with Crippen molar-refractivity contribution in [2.75, 3.05) is 13.1 Å². The van der Waals surface area contributed by atoms with Crippen LogP contribution in [-0.4, -0.2) is 25.2 Å². The summed E-state index contributed by atoms with van der Waals surface area (Å²) in [7, 11) is 0. The van der Waals surface area contributed by atoms with Gasteiger partial charge in [-0.1, -0.05) is 30.3 Å². The van der Waals surface area contributed by atoms with Gasteiger partial charge in [0.15, 0.2) is 0 Å². The predicted molar refractivity (Wildman–Crippen MR) is 78.3 cm³/mol. The number of benzene rings is 1. The molecule has 2 aliphatic carbocycles. The Morgan fingerprint density at radius 2 is 1.79 bits per heavy atom. The fraction of sp³-hybridized carbons (Fsp3) is 0.647. The monoisotopic (exact) mass is 256 g/mol. The summed E-state index contributed by atoms with van der Waals surface area (Å²) < 4.78 is 0. The van der Waals surface area contributed by atoms with Gasteiger partial charge in [-0.15, -0.1) is 0 Å². The lowest BCUT2D eigenvalue weighted by Gasteiger charge is -2.51. The molecule has 1 saturated heterocycles. The van der Waals surface area contributed by atoms with Crippen LogP contribution in [0.25, 0.3) is 0 Å². The Bertz CT molecular complexity index is 428. The zero-order chi connectivity index (χ0) is 12.7. The molecule has 19 heavy (non-hydrogen) atoms. The second-order valence-corrected chi connectivity index (χ2v) is 6.88. The van der Waals surface area contributed by atoms with E-state index in [0.717, 1.165) is 18.0 Å². The molecule has 0 unspecified atom stereocenters. The van der Waals surface area contributed by atoms with Crippen LogP contribution in [0.15, 0.2) is 30.3 Å². The van der Waals surface area contributed by atoms with Crippen LogP contribution in [0.1, 0.15) is 43.6 Å². The summed E-state index contributed by atoms with van der Waals surface area (Å²) in [5.74, 6) is 0.783. The first-order valence-corrected chi connectivity index (χ1v) is 7.86. The third kappa shape index (κ3) is 2.32. The zero-order valence-corrected chi connectivity index (χ0v) is 11.6. The van der Waals surface area contributed by atoms with Gasteiger partial charge in [0, 0.05) is 18.0 Å². The van der Waals surface area contributed by atoms with Crippen molar-refractivity contribution < 1.29 is 0 Å². The van der Waals surface area contributed by atoms with E-state index < -0.39 is 0 Å². The smallest absolute Gasteiger partial charge is 0.0145 e. The van der Waals surface area contributed by atoms with Crippen molar-refractivity contribution >= 4 is 0 Å². The molecular weight excluding hydrogens is 232 g/mol. The summed E-state index contributed by atoms with van der Waals surface area (Å²) in [6.45, 7) is 2.48. The van der Waals surface area contributed by atoms with Crippen molar-refractivity contribution in [1.82, 2.24) is 10.6 Å². The van der Waals surface area contributed by atoms with Gasteiger partial charge >= 0.3 is 0 Å². The summed E-state index contributed by atoms with van der Waals surface area (Å²) in [5, 5.41) is 7.37. The maximum atomic E-state index is 3.89. The largest absolute Gasteiger partial charge is 0.317 e. The van der Waals surface area contributed by atoms with E-state index in [-0.39, 0.29) is 0 Å². The van der Waals surface area contributed by atoms with E-state index in [4.69, 9.17) is 0 Å². The van der Waals surface area contributed by atoms with Gasteiger partial charge in [-0.2, -0.15) is 0 Å². The molecule has 2 saturated carbocycles. The van der Waals surface area contributed by atoms with E-state index in [9.17, 15) is 0 Å². The number of rotatable bonds is 3. The van der Waals surface area contributed by atoms with Gasteiger partial charge in [0.05, 0.1) is 0 Å². The molecule has 1 aromatic carbocycles. The summed E-state index contributed by atoms with van der Waals surface area (Å²) >= 11 is 0. The maximum absolute atomic E-state index is 3.89. The molecule has 2 heteroatoms. The molecule has 102 valence electrons. The topological polar surface area (TPSA) is 24.1 Å². The lowest BCUT2D eigenvalue weighted by atomic mass is 9.60. The normalized spacial score (nSPS) is 33.1. The first kappa shape index (κ1) is 11.9. The summed E-state index contributed by atoms with van der Waals surface area (Å²) in [6, 6.07) is 12.6. The molecule has 2 atom stereocenters. The fourth-order valence-electron chi connectivity index (χ4n) is 4.22. The van der Waals surface area contributed by atoms with Crippen LogP contribution >= 0.6 is 0 Å². The predicted octanol–water partition coefficient (Wildman–Crippen LogP) is 2.66. The average Bonchev–Trinajstić information content (AvgIpc) is 3.19. The van der Waals surface area contributed by atoms with Crippen molar-refractivity contribution in [3.63, 3.8) is 0 Å². The molecule has 0 radical (unpaired) electrons. The minimum Gasteiger partial charge on any atom is -0.317 e. The van der Waals surface area contributed by atoms with Gasteiger partial charge in [-0.05, 0) is 56.2 Å². The van der Waals surface area contributed by atoms with Crippen LogP contribution in [-0.2, 0) is 0 Å². The van der Waals surface area contributed by atoms with E-state index >= 15 is 0 Å². The fourth-order valence-corrected chi connectivity index (χ4v) is 4.22. The van der Waals surface area contributed by atoms with Crippen molar-refractivity contribution in [2.45, 2.75) is 50.1 Å². The standard InChI is InChI=1S/C17H24N2/c1-2-4-13(5-3-1)15-10-16(15)19-14-11-17(12-14)6-8-18-9-7-17/h1-5,14-16,18-19H,6-12H2/t15-,16+/m1/s1. The zero-order valence-electron chi connectivity index (χ0n) is 11.6. The summed E-state index contributed by atoms with van der Waals surface area (Å²) in [4.78, 5) is 0. The SMILES string of the molecule is c1ccc([C@H]2C[C@@H]2NC2CC3(CCNCC3)C2)cc1. The van der Waals surface area contributed by atoms with E-state index in [1.807, 2.05) is 0 Å². The van der Waals surface area contributed by atoms with Crippen LogP contribution in [0, 0.1) is 5.41 Å². The molecule has 3 aliphatic rings. The Kier molecular flexibility index (Phi) is 2.89. The van der Waals surface area contributed by atoms with Crippen molar-refractivity contribution in [3.05, 3.63) is 35.9 Å². The molecule has 0 bridgehead atoms.